The van der Waals surface area contributed by atoms with Crippen molar-refractivity contribution in [3.63, 3.8) is 0 Å². The highest BCUT2D eigenvalue weighted by molar-refractivity contribution is 5.86. The highest BCUT2D eigenvalue weighted by atomic mass is 16.5. The van der Waals surface area contributed by atoms with Gasteiger partial charge in [0.1, 0.15) is 0 Å². The lowest BCUT2D eigenvalue weighted by atomic mass is 10.3. The second-order valence-corrected chi connectivity index (χ2v) is 4.72. The van der Waals surface area contributed by atoms with Crippen molar-refractivity contribution in [1.82, 2.24) is 19.5 Å². The Balaban J connectivity index is 1.75. The average molecular weight is 276 g/mol. The van der Waals surface area contributed by atoms with Crippen LogP contribution in [0.2, 0.25) is 0 Å². The summed E-state index contributed by atoms with van der Waals surface area (Å²) in [4.78, 5) is 17.8. The molecule has 2 aromatic heterocycles. The minimum atomic E-state index is -1.000. The SMILES string of the molecule is O=C(O)c1cccc2nc(CCN3CCOCC3)nn12. The first-order chi connectivity index (χ1) is 9.74. The van der Waals surface area contributed by atoms with Gasteiger partial charge < -0.3 is 9.84 Å². The molecule has 0 radical (unpaired) electrons. The van der Waals surface area contributed by atoms with Crippen molar-refractivity contribution in [2.75, 3.05) is 32.8 Å². The standard InChI is InChI=1S/C13H16N4O3/c18-13(19)10-2-1-3-12-14-11(15-17(10)12)4-5-16-6-8-20-9-7-16/h1-3H,4-9H2,(H,18,19). The Morgan fingerprint density at radius 1 is 1.35 bits per heavy atom. The zero-order chi connectivity index (χ0) is 13.9. The number of carboxylic acid groups (broad SMARTS) is 1. The van der Waals surface area contributed by atoms with Crippen LogP contribution in [0.1, 0.15) is 16.3 Å². The van der Waals surface area contributed by atoms with Crippen LogP contribution in [0.15, 0.2) is 18.2 Å². The number of rotatable bonds is 4. The van der Waals surface area contributed by atoms with Gasteiger partial charge in [-0.3, -0.25) is 4.90 Å². The van der Waals surface area contributed by atoms with E-state index < -0.39 is 5.97 Å². The number of pyridine rings is 1. The molecule has 0 unspecified atom stereocenters. The van der Waals surface area contributed by atoms with Gasteiger partial charge >= 0.3 is 5.97 Å². The summed E-state index contributed by atoms with van der Waals surface area (Å²) in [6, 6.07) is 4.96. The number of fused-ring (bicyclic) bond motifs is 1. The summed E-state index contributed by atoms with van der Waals surface area (Å²) in [5, 5.41) is 13.4. The van der Waals surface area contributed by atoms with Crippen molar-refractivity contribution >= 4 is 11.6 Å². The van der Waals surface area contributed by atoms with Crippen molar-refractivity contribution in [1.29, 1.82) is 0 Å². The molecule has 7 heteroatoms. The molecule has 0 amide bonds. The van der Waals surface area contributed by atoms with E-state index in [-0.39, 0.29) is 5.69 Å². The Morgan fingerprint density at radius 2 is 2.15 bits per heavy atom. The minimum absolute atomic E-state index is 0.132. The molecule has 7 nitrogen and oxygen atoms in total. The van der Waals surface area contributed by atoms with Gasteiger partial charge in [-0.15, -0.1) is 0 Å². The quantitative estimate of drug-likeness (QED) is 0.865. The van der Waals surface area contributed by atoms with Crippen LogP contribution in [-0.4, -0.2) is 63.4 Å². The van der Waals surface area contributed by atoms with Crippen molar-refractivity contribution < 1.29 is 14.6 Å². The predicted molar refractivity (Wildman–Crippen MR) is 70.9 cm³/mol. The fourth-order valence-electron chi connectivity index (χ4n) is 2.30. The Bertz CT molecular complexity index is 619. The van der Waals surface area contributed by atoms with Gasteiger partial charge in [0.15, 0.2) is 17.2 Å². The minimum Gasteiger partial charge on any atom is -0.477 e. The summed E-state index contributed by atoms with van der Waals surface area (Å²) in [5.41, 5.74) is 0.703. The lowest BCUT2D eigenvalue weighted by molar-refractivity contribution is 0.0382. The van der Waals surface area contributed by atoms with Crippen molar-refractivity contribution in [3.05, 3.63) is 29.7 Å². The molecule has 0 aliphatic carbocycles. The van der Waals surface area contributed by atoms with Crippen LogP contribution in [0.5, 0.6) is 0 Å². The summed E-state index contributed by atoms with van der Waals surface area (Å²) in [6.45, 7) is 4.24. The molecule has 0 atom stereocenters. The van der Waals surface area contributed by atoms with Gasteiger partial charge in [-0.2, -0.15) is 5.10 Å². The smallest absolute Gasteiger partial charge is 0.354 e. The molecule has 0 bridgehead atoms. The molecule has 1 aliphatic rings. The second-order valence-electron chi connectivity index (χ2n) is 4.72. The number of carboxylic acids is 1. The normalized spacial score (nSPS) is 16.6. The Labute approximate surface area is 115 Å². The molecular formula is C13H16N4O3. The number of carbonyl (C=O) groups is 1. The summed E-state index contributed by atoms with van der Waals surface area (Å²) >= 11 is 0. The average Bonchev–Trinajstić information content (AvgIpc) is 2.88. The van der Waals surface area contributed by atoms with E-state index in [1.807, 2.05) is 0 Å². The van der Waals surface area contributed by atoms with E-state index in [2.05, 4.69) is 15.0 Å². The maximum absolute atomic E-state index is 11.1. The van der Waals surface area contributed by atoms with E-state index in [9.17, 15) is 4.79 Å². The van der Waals surface area contributed by atoms with Crippen LogP contribution in [0.3, 0.4) is 0 Å². The van der Waals surface area contributed by atoms with Crippen molar-refractivity contribution in [2.24, 2.45) is 0 Å². The number of nitrogens with zero attached hydrogens (tertiary/aromatic N) is 4. The van der Waals surface area contributed by atoms with E-state index in [1.165, 1.54) is 10.6 Å². The number of hydrogen-bond acceptors (Lipinski definition) is 5. The summed E-state index contributed by atoms with van der Waals surface area (Å²) in [7, 11) is 0. The van der Waals surface area contributed by atoms with E-state index in [4.69, 9.17) is 9.84 Å². The summed E-state index contributed by atoms with van der Waals surface area (Å²) < 4.78 is 6.69. The third-order valence-corrected chi connectivity index (χ3v) is 3.38. The number of aromatic carboxylic acids is 1. The fraction of sp³-hybridized carbons (Fsp3) is 0.462. The first-order valence-electron chi connectivity index (χ1n) is 6.62. The van der Waals surface area contributed by atoms with Crippen LogP contribution in [0.25, 0.3) is 5.65 Å². The topological polar surface area (TPSA) is 80.0 Å². The fourth-order valence-corrected chi connectivity index (χ4v) is 2.30. The van der Waals surface area contributed by atoms with Crippen molar-refractivity contribution in [3.8, 4) is 0 Å². The molecule has 0 spiro atoms. The molecule has 1 fully saturated rings. The largest absolute Gasteiger partial charge is 0.477 e. The number of ether oxygens (including phenoxy) is 1. The molecule has 3 rings (SSSR count). The number of aromatic nitrogens is 3. The van der Waals surface area contributed by atoms with Crippen LogP contribution in [-0.2, 0) is 11.2 Å². The first kappa shape index (κ1) is 13.0. The van der Waals surface area contributed by atoms with Gasteiger partial charge in [-0.25, -0.2) is 14.3 Å². The van der Waals surface area contributed by atoms with Gasteiger partial charge in [-0.1, -0.05) is 6.07 Å². The molecule has 0 aromatic carbocycles. The highest BCUT2D eigenvalue weighted by Crippen LogP contribution is 2.07. The lowest BCUT2D eigenvalue weighted by Crippen LogP contribution is -2.37. The van der Waals surface area contributed by atoms with Gasteiger partial charge in [0, 0.05) is 26.1 Å². The number of hydrogen-bond donors (Lipinski definition) is 1. The zero-order valence-electron chi connectivity index (χ0n) is 11.0. The summed E-state index contributed by atoms with van der Waals surface area (Å²) in [6.07, 6.45) is 0.709. The lowest BCUT2D eigenvalue weighted by Gasteiger charge is -2.25. The molecule has 3 heterocycles. The third-order valence-electron chi connectivity index (χ3n) is 3.38. The Morgan fingerprint density at radius 3 is 2.90 bits per heavy atom. The highest BCUT2D eigenvalue weighted by Gasteiger charge is 2.14. The summed E-state index contributed by atoms with van der Waals surface area (Å²) in [5.74, 6) is -0.328. The van der Waals surface area contributed by atoms with Crippen LogP contribution >= 0.6 is 0 Å². The van der Waals surface area contributed by atoms with Gasteiger partial charge in [0.2, 0.25) is 0 Å². The van der Waals surface area contributed by atoms with E-state index in [0.29, 0.717) is 17.9 Å². The van der Waals surface area contributed by atoms with Crippen LogP contribution in [0, 0.1) is 0 Å². The predicted octanol–water partition coefficient (Wildman–Crippen LogP) is 0.302. The van der Waals surface area contributed by atoms with E-state index in [1.54, 1.807) is 12.1 Å². The van der Waals surface area contributed by atoms with Gasteiger partial charge in [0.25, 0.3) is 0 Å². The number of morpholine rings is 1. The molecular weight excluding hydrogens is 260 g/mol. The van der Waals surface area contributed by atoms with E-state index in [0.717, 1.165) is 32.8 Å². The second kappa shape index (κ2) is 5.56. The Kier molecular flexibility index (Phi) is 3.62. The molecule has 1 saturated heterocycles. The maximum Gasteiger partial charge on any atom is 0.354 e. The molecule has 1 aliphatic heterocycles. The van der Waals surface area contributed by atoms with Gasteiger partial charge in [-0.05, 0) is 12.1 Å². The first-order valence-corrected chi connectivity index (χ1v) is 6.62. The molecule has 106 valence electrons. The van der Waals surface area contributed by atoms with Crippen LogP contribution in [0.4, 0.5) is 0 Å². The molecule has 1 N–H and O–H groups in total. The van der Waals surface area contributed by atoms with Crippen LogP contribution < -0.4 is 0 Å². The zero-order valence-corrected chi connectivity index (χ0v) is 11.0. The monoisotopic (exact) mass is 276 g/mol. The van der Waals surface area contributed by atoms with Gasteiger partial charge in [0.05, 0.1) is 13.2 Å². The van der Waals surface area contributed by atoms with Crippen molar-refractivity contribution in [2.45, 2.75) is 6.42 Å². The molecule has 0 saturated carbocycles. The molecule has 20 heavy (non-hydrogen) atoms. The third kappa shape index (κ3) is 2.63. The Hall–Kier alpha value is -1.99. The maximum atomic E-state index is 11.1. The van der Waals surface area contributed by atoms with E-state index >= 15 is 0 Å². The molecule has 2 aromatic rings.